The number of ketones is 1. The zero-order valence-electron chi connectivity index (χ0n) is 20.1. The molecular formula is C26H33FN4O2S. The molecule has 3 aromatic rings. The van der Waals surface area contributed by atoms with Gasteiger partial charge in [0, 0.05) is 61.8 Å². The molecule has 2 aliphatic rings. The quantitative estimate of drug-likeness (QED) is 0.442. The summed E-state index contributed by atoms with van der Waals surface area (Å²) in [6, 6.07) is 7.82. The second kappa shape index (κ2) is 9.76. The van der Waals surface area contributed by atoms with E-state index in [0.29, 0.717) is 51.1 Å². The van der Waals surface area contributed by atoms with E-state index in [1.807, 2.05) is 38.4 Å². The number of Topliss-reactive ketones (excluding diaryl/α,β-unsaturated/α-hetero) is 1. The number of rotatable bonds is 8. The number of hydrogen-bond acceptors (Lipinski definition) is 6. The fourth-order valence-corrected chi connectivity index (χ4v) is 6.25. The lowest BCUT2D eigenvalue weighted by atomic mass is 9.89. The number of alkyl halides is 1. The second-order valence-corrected chi connectivity index (χ2v) is 10.7. The Kier molecular flexibility index (Phi) is 6.73. The zero-order chi connectivity index (χ0) is 23.7. The summed E-state index contributed by atoms with van der Waals surface area (Å²) in [6.45, 7) is 6.92. The molecule has 34 heavy (non-hydrogen) atoms. The normalized spacial score (nSPS) is 18.8. The molecule has 0 N–H and O–H groups in total. The van der Waals surface area contributed by atoms with Crippen LogP contribution in [0.2, 0.25) is 0 Å². The highest BCUT2D eigenvalue weighted by atomic mass is 32.1. The predicted molar refractivity (Wildman–Crippen MR) is 134 cm³/mol. The maximum atomic E-state index is 15.6. The smallest absolute Gasteiger partial charge is 0.177 e. The van der Waals surface area contributed by atoms with Crippen molar-refractivity contribution in [3.8, 4) is 5.06 Å². The Morgan fingerprint density at radius 3 is 2.85 bits per heavy atom. The molecule has 0 amide bonds. The molecule has 0 saturated carbocycles. The minimum absolute atomic E-state index is 0.0799. The van der Waals surface area contributed by atoms with Crippen molar-refractivity contribution in [3.63, 3.8) is 0 Å². The summed E-state index contributed by atoms with van der Waals surface area (Å²) in [5.41, 5.74) is 1.72. The van der Waals surface area contributed by atoms with Crippen LogP contribution in [0.1, 0.15) is 47.0 Å². The molecule has 1 aromatic carbocycles. The fraction of sp³-hybridized carbons (Fsp3) is 0.538. The standard InChI is InChI=1S/C26H33FN4O2S/c1-3-33-25-15-19-16-30(11-7-24(19)34-25)12-8-26(27)9-13-31(14-10-26)18-23(32)20-5-4-6-22-21(20)17-29(2)28-22/h4-6,15,17H,3,7-14,16,18H2,1-2H3. The Morgan fingerprint density at radius 2 is 2.06 bits per heavy atom. The molecule has 6 nitrogen and oxygen atoms in total. The lowest BCUT2D eigenvalue weighted by molar-refractivity contribution is 0.0389. The van der Waals surface area contributed by atoms with Crippen molar-refractivity contribution in [1.82, 2.24) is 19.6 Å². The summed E-state index contributed by atoms with van der Waals surface area (Å²) in [5.74, 6) is 0.0799. The van der Waals surface area contributed by atoms with E-state index in [9.17, 15) is 4.79 Å². The Hall–Kier alpha value is -2.29. The maximum Gasteiger partial charge on any atom is 0.177 e. The van der Waals surface area contributed by atoms with Crippen LogP contribution in [-0.4, -0.2) is 70.4 Å². The maximum absolute atomic E-state index is 15.6. The average Bonchev–Trinajstić information content (AvgIpc) is 3.40. The van der Waals surface area contributed by atoms with Gasteiger partial charge in [-0.15, -0.1) is 11.3 Å². The Balaban J connectivity index is 1.11. The summed E-state index contributed by atoms with van der Waals surface area (Å²) in [4.78, 5) is 18.9. The van der Waals surface area contributed by atoms with Gasteiger partial charge in [-0.25, -0.2) is 4.39 Å². The molecule has 0 unspecified atom stereocenters. The second-order valence-electron chi connectivity index (χ2n) is 9.61. The van der Waals surface area contributed by atoms with Crippen LogP contribution >= 0.6 is 11.3 Å². The number of carbonyl (C=O) groups excluding carboxylic acids is 1. The lowest BCUT2D eigenvalue weighted by Crippen LogP contribution is -2.45. The minimum Gasteiger partial charge on any atom is -0.484 e. The number of fused-ring (bicyclic) bond motifs is 2. The van der Waals surface area contributed by atoms with Crippen molar-refractivity contribution in [2.75, 3.05) is 39.3 Å². The first-order valence-corrected chi connectivity index (χ1v) is 13.1. The summed E-state index contributed by atoms with van der Waals surface area (Å²) >= 11 is 1.75. The molecule has 1 fully saturated rings. The number of likely N-dealkylation sites (tertiary alicyclic amines) is 1. The molecule has 5 rings (SSSR count). The van der Waals surface area contributed by atoms with Crippen molar-refractivity contribution in [2.45, 2.75) is 44.8 Å². The van der Waals surface area contributed by atoms with Gasteiger partial charge in [-0.2, -0.15) is 5.10 Å². The van der Waals surface area contributed by atoms with Crippen LogP contribution in [-0.2, 0) is 20.0 Å². The zero-order valence-corrected chi connectivity index (χ0v) is 20.9. The molecule has 0 spiro atoms. The van der Waals surface area contributed by atoms with Crippen LogP contribution in [0, 0.1) is 0 Å². The molecule has 0 bridgehead atoms. The van der Waals surface area contributed by atoms with Crippen molar-refractivity contribution in [1.29, 1.82) is 0 Å². The topological polar surface area (TPSA) is 50.6 Å². The molecule has 8 heteroatoms. The van der Waals surface area contributed by atoms with E-state index in [-0.39, 0.29) is 5.78 Å². The van der Waals surface area contributed by atoms with Crippen molar-refractivity contribution < 1.29 is 13.9 Å². The highest BCUT2D eigenvalue weighted by Gasteiger charge is 2.35. The van der Waals surface area contributed by atoms with E-state index >= 15 is 4.39 Å². The largest absolute Gasteiger partial charge is 0.484 e. The number of halogens is 1. The summed E-state index contributed by atoms with van der Waals surface area (Å²) in [5, 5.41) is 6.28. The summed E-state index contributed by atoms with van der Waals surface area (Å²) < 4.78 is 23.0. The molecule has 182 valence electrons. The van der Waals surface area contributed by atoms with Crippen LogP contribution in [0.3, 0.4) is 0 Å². The van der Waals surface area contributed by atoms with E-state index in [0.717, 1.165) is 42.0 Å². The Labute approximate surface area is 204 Å². The number of piperidine rings is 1. The van der Waals surface area contributed by atoms with Crippen LogP contribution in [0.5, 0.6) is 5.06 Å². The molecule has 0 atom stereocenters. The van der Waals surface area contributed by atoms with Gasteiger partial charge in [0.1, 0.15) is 5.67 Å². The van der Waals surface area contributed by atoms with Crippen molar-refractivity contribution in [3.05, 3.63) is 46.5 Å². The van der Waals surface area contributed by atoms with Gasteiger partial charge in [-0.05, 0) is 50.3 Å². The fourth-order valence-electron chi connectivity index (χ4n) is 5.18. The highest BCUT2D eigenvalue weighted by Crippen LogP contribution is 2.35. The van der Waals surface area contributed by atoms with E-state index in [1.54, 1.807) is 16.0 Å². The molecular weight excluding hydrogens is 451 g/mol. The van der Waals surface area contributed by atoms with E-state index in [4.69, 9.17) is 4.74 Å². The molecule has 0 radical (unpaired) electrons. The first-order chi connectivity index (χ1) is 16.4. The number of benzene rings is 1. The van der Waals surface area contributed by atoms with Gasteiger partial charge in [-0.1, -0.05) is 12.1 Å². The van der Waals surface area contributed by atoms with Gasteiger partial charge in [0.05, 0.1) is 18.7 Å². The van der Waals surface area contributed by atoms with Crippen LogP contribution in [0.15, 0.2) is 30.5 Å². The third-order valence-corrected chi connectivity index (χ3v) is 8.32. The number of thiophene rings is 1. The summed E-state index contributed by atoms with van der Waals surface area (Å²) in [7, 11) is 1.86. The number of ether oxygens (including phenoxy) is 1. The molecule has 4 heterocycles. The minimum atomic E-state index is -1.14. The molecule has 0 aliphatic carbocycles. The summed E-state index contributed by atoms with van der Waals surface area (Å²) in [6.07, 6.45) is 4.45. The average molecular weight is 485 g/mol. The monoisotopic (exact) mass is 484 g/mol. The lowest BCUT2D eigenvalue weighted by Gasteiger charge is -2.37. The predicted octanol–water partition coefficient (Wildman–Crippen LogP) is 4.47. The number of carbonyl (C=O) groups is 1. The molecule has 1 saturated heterocycles. The molecule has 2 aromatic heterocycles. The van der Waals surface area contributed by atoms with Crippen molar-refractivity contribution >= 4 is 28.0 Å². The van der Waals surface area contributed by atoms with Crippen LogP contribution < -0.4 is 4.74 Å². The van der Waals surface area contributed by atoms with Crippen LogP contribution in [0.4, 0.5) is 4.39 Å². The third-order valence-electron chi connectivity index (χ3n) is 7.17. The number of hydrogen-bond donors (Lipinski definition) is 0. The Morgan fingerprint density at radius 1 is 1.24 bits per heavy atom. The third kappa shape index (κ3) is 5.04. The first kappa shape index (κ1) is 23.5. The van der Waals surface area contributed by atoms with Crippen molar-refractivity contribution in [2.24, 2.45) is 7.05 Å². The SMILES string of the molecule is CCOc1cc2c(s1)CCN(CCC1(F)CCN(CC(=O)c3cccc4nn(C)cc34)CC1)C2. The van der Waals surface area contributed by atoms with Gasteiger partial charge in [0.15, 0.2) is 10.8 Å². The van der Waals surface area contributed by atoms with Gasteiger partial charge in [0.25, 0.3) is 0 Å². The number of nitrogens with zero attached hydrogens (tertiary/aromatic N) is 4. The number of aryl methyl sites for hydroxylation is 1. The van der Waals surface area contributed by atoms with Gasteiger partial charge in [-0.3, -0.25) is 19.3 Å². The van der Waals surface area contributed by atoms with E-state index < -0.39 is 5.67 Å². The highest BCUT2D eigenvalue weighted by molar-refractivity contribution is 7.14. The molecule has 2 aliphatic heterocycles. The Bertz CT molecular complexity index is 1160. The van der Waals surface area contributed by atoms with E-state index in [2.05, 4.69) is 21.0 Å². The van der Waals surface area contributed by atoms with Crippen LogP contribution in [0.25, 0.3) is 10.9 Å². The van der Waals surface area contributed by atoms with Gasteiger partial charge < -0.3 is 4.74 Å². The number of aromatic nitrogens is 2. The first-order valence-electron chi connectivity index (χ1n) is 12.3. The van der Waals surface area contributed by atoms with Gasteiger partial charge in [0.2, 0.25) is 0 Å². The van der Waals surface area contributed by atoms with E-state index in [1.165, 1.54) is 10.4 Å². The van der Waals surface area contributed by atoms with Gasteiger partial charge >= 0.3 is 0 Å².